The van der Waals surface area contributed by atoms with Crippen LogP contribution in [0.15, 0.2) is 24.4 Å². The Kier molecular flexibility index (Phi) is 2.90. The summed E-state index contributed by atoms with van der Waals surface area (Å²) in [5.41, 5.74) is 1.17. The standard InChI is InChI=1S/C10H15N3/c1-2-5-12-9(3-1)4-6-13-10-7-11-8-10/h1-3,5,10-11,13H,4,6-8H2. The van der Waals surface area contributed by atoms with Gasteiger partial charge in [-0.25, -0.2) is 0 Å². The van der Waals surface area contributed by atoms with Crippen molar-refractivity contribution in [1.29, 1.82) is 0 Å². The number of hydrogen-bond acceptors (Lipinski definition) is 3. The van der Waals surface area contributed by atoms with E-state index in [1.807, 2.05) is 18.3 Å². The number of aromatic nitrogens is 1. The minimum Gasteiger partial charge on any atom is -0.314 e. The summed E-state index contributed by atoms with van der Waals surface area (Å²) >= 11 is 0. The minimum atomic E-state index is 0.684. The summed E-state index contributed by atoms with van der Waals surface area (Å²) in [5, 5.41) is 6.70. The van der Waals surface area contributed by atoms with Crippen LogP contribution in [0.4, 0.5) is 0 Å². The van der Waals surface area contributed by atoms with E-state index in [0.717, 1.165) is 26.1 Å². The summed E-state index contributed by atoms with van der Waals surface area (Å²) in [7, 11) is 0. The first-order valence-electron chi connectivity index (χ1n) is 4.79. The second kappa shape index (κ2) is 4.35. The molecule has 1 saturated heterocycles. The SMILES string of the molecule is c1ccc(CCNC2CNC2)nc1. The van der Waals surface area contributed by atoms with Gasteiger partial charge in [-0.1, -0.05) is 6.07 Å². The molecule has 1 aromatic rings. The molecule has 13 heavy (non-hydrogen) atoms. The topological polar surface area (TPSA) is 37.0 Å². The van der Waals surface area contributed by atoms with E-state index in [1.54, 1.807) is 0 Å². The summed E-state index contributed by atoms with van der Waals surface area (Å²) < 4.78 is 0. The Hall–Kier alpha value is -0.930. The number of pyridine rings is 1. The first kappa shape index (κ1) is 8.66. The van der Waals surface area contributed by atoms with Gasteiger partial charge in [0, 0.05) is 44.0 Å². The lowest BCUT2D eigenvalue weighted by atomic mass is 10.2. The normalized spacial score (nSPS) is 16.9. The number of nitrogens with one attached hydrogen (secondary N) is 2. The van der Waals surface area contributed by atoms with Crippen LogP contribution < -0.4 is 10.6 Å². The smallest absolute Gasteiger partial charge is 0.0416 e. The summed E-state index contributed by atoms with van der Waals surface area (Å²) in [5.74, 6) is 0. The number of rotatable bonds is 4. The molecule has 0 spiro atoms. The Bertz CT molecular complexity index is 244. The summed E-state index contributed by atoms with van der Waals surface area (Å²) in [6, 6.07) is 6.74. The van der Waals surface area contributed by atoms with Crippen molar-refractivity contribution in [2.45, 2.75) is 12.5 Å². The van der Waals surface area contributed by atoms with Gasteiger partial charge in [-0.3, -0.25) is 4.98 Å². The Morgan fingerprint density at radius 1 is 1.46 bits per heavy atom. The van der Waals surface area contributed by atoms with Crippen LogP contribution in [-0.4, -0.2) is 30.7 Å². The lowest BCUT2D eigenvalue weighted by Gasteiger charge is -2.28. The van der Waals surface area contributed by atoms with Gasteiger partial charge in [0.1, 0.15) is 0 Å². The van der Waals surface area contributed by atoms with E-state index in [0.29, 0.717) is 6.04 Å². The highest BCUT2D eigenvalue weighted by Gasteiger charge is 2.14. The molecule has 1 aliphatic rings. The van der Waals surface area contributed by atoms with Gasteiger partial charge in [-0.15, -0.1) is 0 Å². The molecule has 0 saturated carbocycles. The third-order valence-corrected chi connectivity index (χ3v) is 2.32. The highest BCUT2D eigenvalue weighted by atomic mass is 15.1. The van der Waals surface area contributed by atoms with Crippen molar-refractivity contribution >= 4 is 0 Å². The molecule has 0 radical (unpaired) electrons. The zero-order valence-electron chi connectivity index (χ0n) is 7.66. The predicted octanol–water partition coefficient (Wildman–Crippen LogP) is 0.185. The Morgan fingerprint density at radius 3 is 3.00 bits per heavy atom. The van der Waals surface area contributed by atoms with Crippen molar-refractivity contribution in [2.75, 3.05) is 19.6 Å². The molecule has 0 bridgehead atoms. The van der Waals surface area contributed by atoms with E-state index in [-0.39, 0.29) is 0 Å². The molecule has 3 nitrogen and oxygen atoms in total. The first-order valence-corrected chi connectivity index (χ1v) is 4.79. The maximum atomic E-state index is 4.26. The van der Waals surface area contributed by atoms with Gasteiger partial charge in [0.15, 0.2) is 0 Å². The molecule has 2 heterocycles. The van der Waals surface area contributed by atoms with E-state index in [4.69, 9.17) is 0 Å². The number of nitrogens with zero attached hydrogens (tertiary/aromatic N) is 1. The van der Waals surface area contributed by atoms with Crippen molar-refractivity contribution in [2.24, 2.45) is 0 Å². The van der Waals surface area contributed by atoms with Gasteiger partial charge >= 0.3 is 0 Å². The van der Waals surface area contributed by atoms with Crippen molar-refractivity contribution in [1.82, 2.24) is 15.6 Å². The van der Waals surface area contributed by atoms with Gasteiger partial charge in [0.2, 0.25) is 0 Å². The maximum absolute atomic E-state index is 4.26. The van der Waals surface area contributed by atoms with E-state index >= 15 is 0 Å². The van der Waals surface area contributed by atoms with Gasteiger partial charge in [0.05, 0.1) is 0 Å². The fourth-order valence-electron chi connectivity index (χ4n) is 1.38. The lowest BCUT2D eigenvalue weighted by Crippen LogP contribution is -2.55. The van der Waals surface area contributed by atoms with Gasteiger partial charge in [-0.05, 0) is 12.1 Å². The Morgan fingerprint density at radius 2 is 2.38 bits per heavy atom. The summed E-state index contributed by atoms with van der Waals surface area (Å²) in [6.07, 6.45) is 2.87. The second-order valence-electron chi connectivity index (χ2n) is 3.38. The fraction of sp³-hybridized carbons (Fsp3) is 0.500. The molecule has 0 aliphatic carbocycles. The van der Waals surface area contributed by atoms with Crippen molar-refractivity contribution < 1.29 is 0 Å². The highest BCUT2D eigenvalue weighted by molar-refractivity contribution is 5.03. The average Bonchev–Trinajstić information content (AvgIpc) is 2.11. The van der Waals surface area contributed by atoms with Crippen LogP contribution in [0.5, 0.6) is 0 Å². The van der Waals surface area contributed by atoms with Crippen molar-refractivity contribution in [3.8, 4) is 0 Å². The third kappa shape index (κ3) is 2.50. The van der Waals surface area contributed by atoms with E-state index in [9.17, 15) is 0 Å². The van der Waals surface area contributed by atoms with E-state index in [1.165, 1.54) is 5.69 Å². The highest BCUT2D eigenvalue weighted by Crippen LogP contribution is 1.95. The Labute approximate surface area is 78.6 Å². The molecule has 0 unspecified atom stereocenters. The van der Waals surface area contributed by atoms with E-state index < -0.39 is 0 Å². The molecule has 1 aromatic heterocycles. The van der Waals surface area contributed by atoms with Gasteiger partial charge in [0.25, 0.3) is 0 Å². The maximum Gasteiger partial charge on any atom is 0.0416 e. The molecule has 3 heteroatoms. The van der Waals surface area contributed by atoms with Crippen molar-refractivity contribution in [3.63, 3.8) is 0 Å². The molecule has 1 aliphatic heterocycles. The first-order chi connectivity index (χ1) is 6.45. The molecular formula is C10H15N3. The van der Waals surface area contributed by atoms with Gasteiger partial charge < -0.3 is 10.6 Å². The molecule has 1 fully saturated rings. The molecule has 0 aromatic carbocycles. The number of hydrogen-bond donors (Lipinski definition) is 2. The van der Waals surface area contributed by atoms with Crippen LogP contribution in [0.25, 0.3) is 0 Å². The molecule has 0 atom stereocenters. The second-order valence-corrected chi connectivity index (χ2v) is 3.38. The van der Waals surface area contributed by atoms with Crippen LogP contribution >= 0.6 is 0 Å². The average molecular weight is 177 g/mol. The monoisotopic (exact) mass is 177 g/mol. The molecule has 2 rings (SSSR count). The lowest BCUT2D eigenvalue weighted by molar-refractivity contribution is 0.368. The zero-order valence-corrected chi connectivity index (χ0v) is 7.66. The largest absolute Gasteiger partial charge is 0.314 e. The Balaban J connectivity index is 1.67. The van der Waals surface area contributed by atoms with Gasteiger partial charge in [-0.2, -0.15) is 0 Å². The van der Waals surface area contributed by atoms with Crippen LogP contribution in [0.1, 0.15) is 5.69 Å². The zero-order chi connectivity index (χ0) is 8.93. The molecular weight excluding hydrogens is 162 g/mol. The molecule has 70 valence electrons. The predicted molar refractivity (Wildman–Crippen MR) is 52.6 cm³/mol. The quantitative estimate of drug-likeness (QED) is 0.689. The molecule has 2 N–H and O–H groups in total. The van der Waals surface area contributed by atoms with Crippen LogP contribution in [0.2, 0.25) is 0 Å². The van der Waals surface area contributed by atoms with Crippen molar-refractivity contribution in [3.05, 3.63) is 30.1 Å². The molecule has 0 amide bonds. The van der Waals surface area contributed by atoms with Crippen LogP contribution in [-0.2, 0) is 6.42 Å². The minimum absolute atomic E-state index is 0.684. The fourth-order valence-corrected chi connectivity index (χ4v) is 1.38. The van der Waals surface area contributed by atoms with E-state index in [2.05, 4.69) is 21.7 Å². The van der Waals surface area contributed by atoms with Crippen LogP contribution in [0, 0.1) is 0 Å². The van der Waals surface area contributed by atoms with Crippen LogP contribution in [0.3, 0.4) is 0 Å². The summed E-state index contributed by atoms with van der Waals surface area (Å²) in [6.45, 7) is 3.26. The summed E-state index contributed by atoms with van der Waals surface area (Å²) in [4.78, 5) is 4.26. The third-order valence-electron chi connectivity index (χ3n) is 2.32.